The Morgan fingerprint density at radius 2 is 2.07 bits per heavy atom. The van der Waals surface area contributed by atoms with Gasteiger partial charge in [0.15, 0.2) is 18.1 Å². The number of alkyl halides is 2. The molecular formula is C21H28F2N2O4. The van der Waals surface area contributed by atoms with Gasteiger partial charge in [-0.2, -0.15) is 8.78 Å². The number of amides is 1. The van der Waals surface area contributed by atoms with Crippen LogP contribution in [0.2, 0.25) is 0 Å². The van der Waals surface area contributed by atoms with Gasteiger partial charge in [-0.15, -0.1) is 0 Å². The van der Waals surface area contributed by atoms with E-state index in [-0.39, 0.29) is 40.9 Å². The van der Waals surface area contributed by atoms with Gasteiger partial charge in [-0.05, 0) is 48.3 Å². The third kappa shape index (κ3) is 5.16. The Bertz CT molecular complexity index is 784. The van der Waals surface area contributed by atoms with Crippen LogP contribution in [0.25, 0.3) is 0 Å². The van der Waals surface area contributed by atoms with Crippen molar-refractivity contribution in [2.24, 2.45) is 16.0 Å². The van der Waals surface area contributed by atoms with Crippen LogP contribution < -0.4 is 9.47 Å². The fourth-order valence-electron chi connectivity index (χ4n) is 4.98. The van der Waals surface area contributed by atoms with Crippen molar-refractivity contribution in [2.75, 3.05) is 20.3 Å². The van der Waals surface area contributed by atoms with Crippen LogP contribution in [-0.4, -0.2) is 49.9 Å². The van der Waals surface area contributed by atoms with Crippen molar-refractivity contribution < 1.29 is 27.9 Å². The number of methoxy groups -OCH3 is 1. The first-order valence-corrected chi connectivity index (χ1v) is 9.68. The Labute approximate surface area is 169 Å². The molecule has 1 aliphatic carbocycles. The molecule has 29 heavy (non-hydrogen) atoms. The maximum Gasteiger partial charge on any atom is 0.387 e. The highest BCUT2D eigenvalue weighted by atomic mass is 19.3. The van der Waals surface area contributed by atoms with Crippen LogP contribution in [0.15, 0.2) is 23.4 Å². The van der Waals surface area contributed by atoms with Crippen molar-refractivity contribution in [1.82, 2.24) is 4.90 Å². The molecule has 0 N–H and O–H groups in total. The molecular weight excluding hydrogens is 382 g/mol. The normalized spacial score (nSPS) is 25.5. The van der Waals surface area contributed by atoms with Crippen LogP contribution in [0.4, 0.5) is 8.78 Å². The zero-order chi connectivity index (χ0) is 21.2. The molecule has 2 bridgehead atoms. The molecule has 1 saturated heterocycles. The zero-order valence-corrected chi connectivity index (χ0v) is 17.3. The van der Waals surface area contributed by atoms with Crippen LogP contribution in [0.3, 0.4) is 0 Å². The number of nitrogens with zero attached hydrogens (tertiary/aromatic N) is 2. The van der Waals surface area contributed by atoms with Gasteiger partial charge in [-0.3, -0.25) is 4.79 Å². The SMILES string of the molecule is COc1cc(/C=N\OCC(=O)N2C[C@@]3(C)C[C@H]2CC(C)(C)C3)ccc1OC(F)F. The minimum Gasteiger partial charge on any atom is -0.493 e. The number of halogens is 2. The van der Waals surface area contributed by atoms with Gasteiger partial charge in [-0.1, -0.05) is 25.9 Å². The van der Waals surface area contributed by atoms with Crippen LogP contribution >= 0.6 is 0 Å². The summed E-state index contributed by atoms with van der Waals surface area (Å²) >= 11 is 0. The van der Waals surface area contributed by atoms with Crippen molar-refractivity contribution in [3.63, 3.8) is 0 Å². The molecule has 1 aromatic carbocycles. The first kappa shape index (κ1) is 21.3. The molecule has 1 heterocycles. The van der Waals surface area contributed by atoms with E-state index < -0.39 is 6.61 Å². The minimum atomic E-state index is -2.93. The third-order valence-corrected chi connectivity index (χ3v) is 5.60. The first-order valence-electron chi connectivity index (χ1n) is 9.68. The molecule has 1 aliphatic heterocycles. The number of carbonyl (C=O) groups is 1. The van der Waals surface area contributed by atoms with Crippen molar-refractivity contribution in [1.29, 1.82) is 0 Å². The lowest BCUT2D eigenvalue weighted by Gasteiger charge is -2.39. The maximum atomic E-state index is 12.6. The number of rotatable bonds is 7. The fourth-order valence-corrected chi connectivity index (χ4v) is 4.98. The van der Waals surface area contributed by atoms with Gasteiger partial charge in [0.25, 0.3) is 5.91 Å². The standard InChI is InChI=1S/C21H28F2N2O4/c1-20(2)8-15-9-21(3,12-20)13-25(15)18(26)11-28-24-10-14-5-6-16(29-19(22)23)17(7-14)27-4/h5-7,10,15,19H,8-9,11-13H2,1-4H3/b24-10-/t15-,21+/m1/s1. The summed E-state index contributed by atoms with van der Waals surface area (Å²) in [5.74, 6) is 0.0321. The van der Waals surface area contributed by atoms with E-state index in [2.05, 4.69) is 30.7 Å². The van der Waals surface area contributed by atoms with E-state index in [0.29, 0.717) is 5.56 Å². The van der Waals surface area contributed by atoms with E-state index in [1.54, 1.807) is 6.07 Å². The smallest absolute Gasteiger partial charge is 0.387 e. The number of hydrogen-bond acceptors (Lipinski definition) is 5. The number of hydrogen-bond donors (Lipinski definition) is 0. The average Bonchev–Trinajstić information content (AvgIpc) is 2.88. The van der Waals surface area contributed by atoms with E-state index in [1.165, 1.54) is 25.5 Å². The van der Waals surface area contributed by atoms with Gasteiger partial charge in [0.05, 0.1) is 13.3 Å². The van der Waals surface area contributed by atoms with E-state index in [9.17, 15) is 13.6 Å². The molecule has 6 nitrogen and oxygen atoms in total. The molecule has 3 rings (SSSR count). The molecule has 1 aromatic rings. The third-order valence-electron chi connectivity index (χ3n) is 5.60. The zero-order valence-electron chi connectivity index (χ0n) is 17.3. The van der Waals surface area contributed by atoms with Crippen LogP contribution in [-0.2, 0) is 9.63 Å². The van der Waals surface area contributed by atoms with Crippen LogP contribution in [0.5, 0.6) is 11.5 Å². The topological polar surface area (TPSA) is 60.4 Å². The molecule has 8 heteroatoms. The summed E-state index contributed by atoms with van der Waals surface area (Å²) in [6.07, 6.45) is 4.56. The van der Waals surface area contributed by atoms with E-state index in [4.69, 9.17) is 9.57 Å². The van der Waals surface area contributed by atoms with E-state index in [1.807, 2.05) is 4.90 Å². The van der Waals surface area contributed by atoms with Gasteiger partial charge in [0, 0.05) is 18.2 Å². The van der Waals surface area contributed by atoms with Crippen molar-refractivity contribution in [3.8, 4) is 11.5 Å². The van der Waals surface area contributed by atoms with E-state index in [0.717, 1.165) is 25.8 Å². The number of oxime groups is 1. The second-order valence-corrected chi connectivity index (χ2v) is 9.03. The highest BCUT2D eigenvalue weighted by Crippen LogP contribution is 2.52. The summed E-state index contributed by atoms with van der Waals surface area (Å²) in [5.41, 5.74) is 0.983. The van der Waals surface area contributed by atoms with Gasteiger partial charge >= 0.3 is 6.61 Å². The summed E-state index contributed by atoms with van der Waals surface area (Å²) in [5, 5.41) is 3.83. The van der Waals surface area contributed by atoms with Gasteiger partial charge < -0.3 is 19.2 Å². The molecule has 2 fully saturated rings. The number of benzene rings is 1. The lowest BCUT2D eigenvalue weighted by atomic mass is 9.65. The summed E-state index contributed by atoms with van der Waals surface area (Å²) in [6.45, 7) is 4.47. The van der Waals surface area contributed by atoms with Crippen molar-refractivity contribution >= 4 is 12.1 Å². The Morgan fingerprint density at radius 3 is 2.76 bits per heavy atom. The maximum absolute atomic E-state index is 12.6. The van der Waals surface area contributed by atoms with Gasteiger partial charge in [-0.25, -0.2) is 0 Å². The Morgan fingerprint density at radius 1 is 1.31 bits per heavy atom. The van der Waals surface area contributed by atoms with E-state index >= 15 is 0 Å². The first-order chi connectivity index (χ1) is 13.6. The Kier molecular flexibility index (Phi) is 6.00. The largest absolute Gasteiger partial charge is 0.493 e. The summed E-state index contributed by atoms with van der Waals surface area (Å²) in [7, 11) is 1.36. The van der Waals surface area contributed by atoms with Crippen LogP contribution in [0.1, 0.15) is 45.6 Å². The molecule has 160 valence electrons. The number of fused-ring (bicyclic) bond motifs is 2. The van der Waals surface area contributed by atoms with Crippen molar-refractivity contribution in [2.45, 2.75) is 52.7 Å². The summed E-state index contributed by atoms with van der Waals surface area (Å²) in [6, 6.07) is 4.67. The molecule has 0 aromatic heterocycles. The monoisotopic (exact) mass is 410 g/mol. The molecule has 1 amide bonds. The minimum absolute atomic E-state index is 0.0627. The second-order valence-electron chi connectivity index (χ2n) is 9.03. The second kappa shape index (κ2) is 8.16. The number of likely N-dealkylation sites (tertiary alicyclic amines) is 1. The number of carbonyl (C=O) groups excluding carboxylic acids is 1. The summed E-state index contributed by atoms with van der Waals surface area (Å²) in [4.78, 5) is 19.8. The molecule has 1 saturated carbocycles. The fraction of sp³-hybridized carbons (Fsp3) is 0.619. The Hall–Kier alpha value is -2.38. The predicted molar refractivity (Wildman–Crippen MR) is 104 cm³/mol. The molecule has 0 spiro atoms. The summed E-state index contributed by atoms with van der Waals surface area (Å²) < 4.78 is 34.2. The molecule has 2 aliphatic rings. The Balaban J connectivity index is 1.55. The molecule has 0 radical (unpaired) electrons. The predicted octanol–water partition coefficient (Wildman–Crippen LogP) is 4.07. The average molecular weight is 410 g/mol. The lowest BCUT2D eigenvalue weighted by molar-refractivity contribution is -0.137. The van der Waals surface area contributed by atoms with Gasteiger partial charge in [0.1, 0.15) is 0 Å². The molecule has 0 unspecified atom stereocenters. The van der Waals surface area contributed by atoms with Crippen molar-refractivity contribution in [3.05, 3.63) is 23.8 Å². The quantitative estimate of drug-likeness (QED) is 0.502. The van der Waals surface area contributed by atoms with Crippen LogP contribution in [0, 0.1) is 10.8 Å². The number of ether oxygens (including phenoxy) is 2. The molecule has 2 atom stereocenters. The highest BCUT2D eigenvalue weighted by molar-refractivity contribution is 5.81. The highest BCUT2D eigenvalue weighted by Gasteiger charge is 2.50. The van der Waals surface area contributed by atoms with Gasteiger partial charge in [0.2, 0.25) is 0 Å². The lowest BCUT2D eigenvalue weighted by Crippen LogP contribution is -2.39.